The summed E-state index contributed by atoms with van der Waals surface area (Å²) in [5.74, 6) is -0.561. The Hall–Kier alpha value is -3.13. The molecular weight excluding hydrogens is 451 g/mol. The molecular formula is C24H18ClFN2O3S. The number of halogens is 2. The lowest BCUT2D eigenvalue weighted by molar-refractivity contribution is 0.563. The number of aromatic nitrogens is 2. The van der Waals surface area contributed by atoms with Crippen molar-refractivity contribution in [3.63, 3.8) is 0 Å². The van der Waals surface area contributed by atoms with E-state index in [2.05, 4.69) is 5.10 Å². The van der Waals surface area contributed by atoms with Crippen LogP contribution in [0.5, 0.6) is 0 Å². The summed E-state index contributed by atoms with van der Waals surface area (Å²) in [5, 5.41) is 4.27. The van der Waals surface area contributed by atoms with E-state index in [1.165, 1.54) is 22.9 Å². The molecule has 4 aromatic rings. The highest BCUT2D eigenvalue weighted by atomic mass is 35.5. The molecule has 0 aliphatic carbocycles. The maximum atomic E-state index is 13.8. The second-order valence-corrected chi connectivity index (χ2v) is 8.51. The molecule has 0 bridgehead atoms. The van der Waals surface area contributed by atoms with Crippen LogP contribution in [0.1, 0.15) is 11.1 Å². The van der Waals surface area contributed by atoms with Crippen LogP contribution in [0, 0.1) is 5.82 Å². The van der Waals surface area contributed by atoms with Gasteiger partial charge >= 0.3 is 0 Å². The van der Waals surface area contributed by atoms with Crippen molar-refractivity contribution in [1.29, 1.82) is 0 Å². The maximum absolute atomic E-state index is 13.8. The normalized spacial score (nSPS) is 12.0. The Morgan fingerprint density at radius 3 is 2.31 bits per heavy atom. The third-order valence-electron chi connectivity index (χ3n) is 4.98. The van der Waals surface area contributed by atoms with E-state index in [1.54, 1.807) is 30.5 Å². The summed E-state index contributed by atoms with van der Waals surface area (Å²) in [6.07, 6.45) is 1.59. The van der Waals surface area contributed by atoms with Crippen LogP contribution in [-0.2, 0) is 23.4 Å². The van der Waals surface area contributed by atoms with Crippen LogP contribution in [0.15, 0.2) is 83.8 Å². The zero-order valence-corrected chi connectivity index (χ0v) is 18.3. The number of hydrogen-bond acceptors (Lipinski definition) is 3. The minimum atomic E-state index is -1.95. The van der Waals surface area contributed by atoms with Gasteiger partial charge in [-0.05, 0) is 34.4 Å². The van der Waals surface area contributed by atoms with E-state index in [0.29, 0.717) is 27.8 Å². The predicted molar refractivity (Wildman–Crippen MR) is 124 cm³/mol. The van der Waals surface area contributed by atoms with Crippen LogP contribution in [0.4, 0.5) is 4.39 Å². The van der Waals surface area contributed by atoms with Gasteiger partial charge in [-0.1, -0.05) is 72.3 Å². The van der Waals surface area contributed by atoms with E-state index in [4.69, 9.17) is 16.2 Å². The van der Waals surface area contributed by atoms with Crippen molar-refractivity contribution in [3.05, 3.63) is 111 Å². The van der Waals surface area contributed by atoms with Crippen LogP contribution in [-0.4, -0.2) is 18.5 Å². The molecule has 5 nitrogen and oxygen atoms in total. The SMILES string of the molecule is O=c1c(-c2ccc(F)c(Cl)c2)c(-c2ccc(CS(=O)O)cc2)cnn1Cc1ccccc1. The van der Waals surface area contributed by atoms with Gasteiger partial charge in [-0.2, -0.15) is 5.10 Å². The van der Waals surface area contributed by atoms with Gasteiger partial charge < -0.3 is 4.55 Å². The van der Waals surface area contributed by atoms with Crippen LogP contribution < -0.4 is 5.56 Å². The van der Waals surface area contributed by atoms with Gasteiger partial charge in [0.2, 0.25) is 0 Å². The van der Waals surface area contributed by atoms with Crippen LogP contribution in [0.2, 0.25) is 5.02 Å². The Bertz CT molecular complexity index is 1340. The summed E-state index contributed by atoms with van der Waals surface area (Å²) in [5.41, 5.74) is 3.33. The van der Waals surface area contributed by atoms with Crippen molar-refractivity contribution in [2.24, 2.45) is 0 Å². The molecule has 0 aliphatic rings. The van der Waals surface area contributed by atoms with Gasteiger partial charge in [0.1, 0.15) is 5.82 Å². The van der Waals surface area contributed by atoms with Crippen molar-refractivity contribution in [1.82, 2.24) is 9.78 Å². The molecule has 4 rings (SSSR count). The lowest BCUT2D eigenvalue weighted by atomic mass is 9.96. The van der Waals surface area contributed by atoms with Crippen LogP contribution >= 0.6 is 11.6 Å². The van der Waals surface area contributed by atoms with Gasteiger partial charge in [-0.3, -0.25) is 4.79 Å². The Kier molecular flexibility index (Phi) is 6.60. The average molecular weight is 469 g/mol. The maximum Gasteiger partial charge on any atom is 0.275 e. The smallest absolute Gasteiger partial charge is 0.275 e. The molecule has 32 heavy (non-hydrogen) atoms. The highest BCUT2D eigenvalue weighted by Crippen LogP contribution is 2.31. The molecule has 0 aliphatic heterocycles. The monoisotopic (exact) mass is 468 g/mol. The van der Waals surface area contributed by atoms with Crippen LogP contribution in [0.3, 0.4) is 0 Å². The summed E-state index contributed by atoms with van der Waals surface area (Å²) in [6.45, 7) is 0.281. The molecule has 0 fully saturated rings. The quantitative estimate of drug-likeness (QED) is 0.398. The van der Waals surface area contributed by atoms with E-state index in [-0.39, 0.29) is 22.9 Å². The Morgan fingerprint density at radius 2 is 1.66 bits per heavy atom. The van der Waals surface area contributed by atoms with E-state index >= 15 is 0 Å². The number of hydrogen-bond donors (Lipinski definition) is 1. The molecule has 1 aromatic heterocycles. The zero-order valence-electron chi connectivity index (χ0n) is 16.7. The van der Waals surface area contributed by atoms with E-state index in [1.807, 2.05) is 30.3 Å². The minimum absolute atomic E-state index is 0.0115. The predicted octanol–water partition coefficient (Wildman–Crippen LogP) is 5.14. The third kappa shape index (κ3) is 4.85. The Labute approximate surface area is 191 Å². The van der Waals surface area contributed by atoms with Gasteiger partial charge in [-0.15, -0.1) is 0 Å². The van der Waals surface area contributed by atoms with E-state index in [0.717, 1.165) is 5.56 Å². The van der Waals surface area contributed by atoms with Crippen molar-refractivity contribution < 1.29 is 13.2 Å². The van der Waals surface area contributed by atoms with E-state index in [9.17, 15) is 13.4 Å². The van der Waals surface area contributed by atoms with Gasteiger partial charge in [0, 0.05) is 5.56 Å². The Morgan fingerprint density at radius 1 is 0.969 bits per heavy atom. The van der Waals surface area contributed by atoms with E-state index < -0.39 is 16.9 Å². The van der Waals surface area contributed by atoms with Crippen molar-refractivity contribution in [2.45, 2.75) is 12.3 Å². The molecule has 8 heteroatoms. The topological polar surface area (TPSA) is 72.2 Å². The second-order valence-electron chi connectivity index (χ2n) is 7.17. The molecule has 0 saturated heterocycles. The van der Waals surface area contributed by atoms with Gasteiger partial charge in [0.15, 0.2) is 11.1 Å². The van der Waals surface area contributed by atoms with Gasteiger partial charge in [0.05, 0.1) is 29.1 Å². The summed E-state index contributed by atoms with van der Waals surface area (Å²) in [4.78, 5) is 13.5. The molecule has 0 saturated carbocycles. The summed E-state index contributed by atoms with van der Waals surface area (Å²) in [6, 6.07) is 20.6. The first-order valence-electron chi connectivity index (χ1n) is 9.68. The number of rotatable bonds is 6. The molecule has 1 unspecified atom stereocenters. The fraction of sp³-hybridized carbons (Fsp3) is 0.0833. The lowest BCUT2D eigenvalue weighted by Gasteiger charge is -2.13. The summed E-state index contributed by atoms with van der Waals surface area (Å²) >= 11 is 4.05. The fourth-order valence-electron chi connectivity index (χ4n) is 3.43. The van der Waals surface area contributed by atoms with Crippen molar-refractivity contribution >= 4 is 22.7 Å². The summed E-state index contributed by atoms with van der Waals surface area (Å²) < 4.78 is 35.3. The largest absolute Gasteiger partial charge is 0.306 e. The first-order chi connectivity index (χ1) is 15.4. The molecule has 3 aromatic carbocycles. The standard InChI is InChI=1S/C24H18ClFN2O3S/c25-21-12-19(10-11-22(21)26)23-20(18-8-6-17(7-9-18)15-32(30)31)13-27-28(24(23)29)14-16-4-2-1-3-5-16/h1-13H,14-15H2,(H,30,31). The number of benzene rings is 3. The second kappa shape index (κ2) is 9.56. The van der Waals surface area contributed by atoms with Crippen molar-refractivity contribution in [3.8, 4) is 22.3 Å². The van der Waals surface area contributed by atoms with Gasteiger partial charge in [0.25, 0.3) is 5.56 Å². The molecule has 1 heterocycles. The Balaban J connectivity index is 1.85. The third-order valence-corrected chi connectivity index (χ3v) is 5.85. The summed E-state index contributed by atoms with van der Waals surface area (Å²) in [7, 11) is 0. The lowest BCUT2D eigenvalue weighted by Crippen LogP contribution is -2.25. The molecule has 0 amide bonds. The highest BCUT2D eigenvalue weighted by Gasteiger charge is 2.17. The molecule has 0 spiro atoms. The molecule has 162 valence electrons. The number of nitrogens with zero attached hydrogens (tertiary/aromatic N) is 2. The molecule has 1 atom stereocenters. The van der Waals surface area contributed by atoms with Gasteiger partial charge in [-0.25, -0.2) is 13.3 Å². The fourth-order valence-corrected chi connectivity index (χ4v) is 4.09. The average Bonchev–Trinajstić information content (AvgIpc) is 2.78. The molecule has 0 radical (unpaired) electrons. The van der Waals surface area contributed by atoms with Crippen molar-refractivity contribution in [2.75, 3.05) is 0 Å². The first-order valence-corrected chi connectivity index (χ1v) is 11.3. The minimum Gasteiger partial charge on any atom is -0.306 e. The highest BCUT2D eigenvalue weighted by molar-refractivity contribution is 7.78. The first kappa shape index (κ1) is 22.1. The van der Waals surface area contributed by atoms with Crippen LogP contribution in [0.25, 0.3) is 22.3 Å². The zero-order chi connectivity index (χ0) is 22.7. The molecule has 1 N–H and O–H groups in total.